The fraction of sp³-hybridized carbons (Fsp3) is 1.00. The summed E-state index contributed by atoms with van der Waals surface area (Å²) >= 11 is 0. The number of rotatable bonds is 1. The molecule has 0 aromatic heterocycles. The van der Waals surface area contributed by atoms with Crippen molar-refractivity contribution in [1.29, 1.82) is 0 Å². The zero-order chi connectivity index (χ0) is 7.94. The third-order valence-corrected chi connectivity index (χ3v) is 1.27. The van der Waals surface area contributed by atoms with Gasteiger partial charge in [-0.05, 0) is 6.42 Å². The highest BCUT2D eigenvalue weighted by molar-refractivity contribution is 4.64. The van der Waals surface area contributed by atoms with Crippen molar-refractivity contribution in [2.45, 2.75) is 19.4 Å². The van der Waals surface area contributed by atoms with Crippen LogP contribution in [0.1, 0.15) is 13.3 Å². The van der Waals surface area contributed by atoms with Crippen molar-refractivity contribution in [3.8, 4) is 0 Å². The molecular weight excluding hydrogens is 144 g/mol. The Morgan fingerprint density at radius 3 is 1.45 bits per heavy atom. The quantitative estimate of drug-likeness (QED) is 0.533. The normalized spacial score (nSPS) is 28.6. The van der Waals surface area contributed by atoms with Crippen molar-refractivity contribution >= 4 is 0 Å². The van der Waals surface area contributed by atoms with Crippen LogP contribution in [0.4, 0.5) is 0 Å². The molecule has 11 heavy (non-hydrogen) atoms. The van der Waals surface area contributed by atoms with Crippen LogP contribution in [0.2, 0.25) is 0 Å². The van der Waals surface area contributed by atoms with Gasteiger partial charge in [-0.2, -0.15) is 0 Å². The third kappa shape index (κ3) is 13.0. The van der Waals surface area contributed by atoms with E-state index in [9.17, 15) is 0 Å². The molecule has 3 nitrogen and oxygen atoms in total. The van der Waals surface area contributed by atoms with E-state index in [0.29, 0.717) is 6.10 Å². The Balaban J connectivity index is 0.0000000871. The van der Waals surface area contributed by atoms with Crippen molar-refractivity contribution in [1.82, 2.24) is 0 Å². The van der Waals surface area contributed by atoms with E-state index >= 15 is 0 Å². The second-order valence-electron chi connectivity index (χ2n) is 2.59. The molecule has 0 aliphatic carbocycles. The molecule has 3 aliphatic rings. The fourth-order valence-electron chi connectivity index (χ4n) is 0.304. The molecule has 3 rings (SSSR count). The minimum Gasteiger partial charge on any atom is -0.377 e. The Hall–Kier alpha value is -0.120. The first-order chi connectivity index (χ1) is 5.43. The Morgan fingerprint density at radius 1 is 1.09 bits per heavy atom. The van der Waals surface area contributed by atoms with Crippen LogP contribution in [0, 0.1) is 0 Å². The first-order valence-corrected chi connectivity index (χ1v) is 4.20. The van der Waals surface area contributed by atoms with Crippen LogP contribution in [0.3, 0.4) is 0 Å². The largest absolute Gasteiger partial charge is 0.377 e. The lowest BCUT2D eigenvalue weighted by atomic mass is 10.4. The van der Waals surface area contributed by atoms with Crippen LogP contribution < -0.4 is 0 Å². The van der Waals surface area contributed by atoms with Crippen molar-refractivity contribution in [3.05, 3.63) is 0 Å². The lowest BCUT2D eigenvalue weighted by Crippen LogP contribution is -1.73. The molecule has 1 atom stereocenters. The molecule has 0 N–H and O–H groups in total. The maximum absolute atomic E-state index is 4.86. The number of epoxide rings is 3. The topological polar surface area (TPSA) is 37.6 Å². The lowest BCUT2D eigenvalue weighted by Gasteiger charge is -1.69. The molecule has 3 fully saturated rings. The highest BCUT2D eigenvalue weighted by atomic mass is 16.6. The average molecular weight is 160 g/mol. The Labute approximate surface area is 67.6 Å². The van der Waals surface area contributed by atoms with E-state index in [0.717, 1.165) is 33.0 Å². The molecule has 0 aromatic rings. The summed E-state index contributed by atoms with van der Waals surface area (Å²) in [6, 6.07) is 0. The van der Waals surface area contributed by atoms with Crippen LogP contribution in [0.15, 0.2) is 0 Å². The van der Waals surface area contributed by atoms with Crippen LogP contribution in [0.5, 0.6) is 0 Å². The highest BCUT2D eigenvalue weighted by Crippen LogP contribution is 2.10. The summed E-state index contributed by atoms with van der Waals surface area (Å²) in [5.74, 6) is 0. The van der Waals surface area contributed by atoms with Crippen LogP contribution in [0.25, 0.3) is 0 Å². The maximum atomic E-state index is 4.86. The van der Waals surface area contributed by atoms with Crippen molar-refractivity contribution < 1.29 is 14.2 Å². The molecule has 0 spiro atoms. The summed E-state index contributed by atoms with van der Waals surface area (Å²) in [6.07, 6.45) is 1.83. The monoisotopic (exact) mass is 160 g/mol. The number of hydrogen-bond acceptors (Lipinski definition) is 3. The van der Waals surface area contributed by atoms with E-state index in [2.05, 4.69) is 16.4 Å². The van der Waals surface area contributed by atoms with Crippen LogP contribution in [-0.4, -0.2) is 39.1 Å². The number of hydrogen-bond donors (Lipinski definition) is 0. The van der Waals surface area contributed by atoms with Gasteiger partial charge < -0.3 is 14.2 Å². The summed E-state index contributed by atoms with van der Waals surface area (Å²) in [4.78, 5) is 0. The Bertz CT molecular complexity index is 75.8. The first-order valence-electron chi connectivity index (χ1n) is 4.20. The van der Waals surface area contributed by atoms with Crippen molar-refractivity contribution in [2.24, 2.45) is 0 Å². The SMILES string of the molecule is C1CO1.C1CO1.CCC1CO1. The molecule has 0 bridgehead atoms. The second kappa shape index (κ2) is 5.52. The molecule has 66 valence electrons. The third-order valence-electron chi connectivity index (χ3n) is 1.27. The van der Waals surface area contributed by atoms with Gasteiger partial charge in [-0.15, -0.1) is 0 Å². The fourth-order valence-corrected chi connectivity index (χ4v) is 0.304. The summed E-state index contributed by atoms with van der Waals surface area (Å²) in [7, 11) is 0. The summed E-state index contributed by atoms with van der Waals surface area (Å²) < 4.78 is 13.9. The van der Waals surface area contributed by atoms with Crippen molar-refractivity contribution in [2.75, 3.05) is 33.0 Å². The van der Waals surface area contributed by atoms with E-state index in [1.807, 2.05) is 0 Å². The van der Waals surface area contributed by atoms with Crippen molar-refractivity contribution in [3.63, 3.8) is 0 Å². The lowest BCUT2D eigenvalue weighted by molar-refractivity contribution is 0.403. The van der Waals surface area contributed by atoms with Gasteiger partial charge in [0.05, 0.1) is 39.1 Å². The minimum atomic E-state index is 0.634. The molecule has 0 radical (unpaired) electrons. The summed E-state index contributed by atoms with van der Waals surface area (Å²) in [5, 5.41) is 0. The van der Waals surface area contributed by atoms with Gasteiger partial charge in [-0.1, -0.05) is 6.92 Å². The van der Waals surface area contributed by atoms with Gasteiger partial charge in [0, 0.05) is 0 Å². The van der Waals surface area contributed by atoms with Gasteiger partial charge in [-0.3, -0.25) is 0 Å². The molecule has 0 saturated carbocycles. The molecule has 3 heterocycles. The zero-order valence-corrected chi connectivity index (χ0v) is 7.04. The summed E-state index contributed by atoms with van der Waals surface area (Å²) in [5.41, 5.74) is 0. The predicted octanol–water partition coefficient (Wildman–Crippen LogP) is 0.828. The maximum Gasteiger partial charge on any atom is 0.0807 e. The highest BCUT2D eigenvalue weighted by Gasteiger charge is 2.18. The Kier molecular flexibility index (Phi) is 4.50. The van der Waals surface area contributed by atoms with Crippen LogP contribution in [-0.2, 0) is 14.2 Å². The van der Waals surface area contributed by atoms with Gasteiger partial charge in [0.1, 0.15) is 0 Å². The molecule has 0 aromatic carbocycles. The van der Waals surface area contributed by atoms with Gasteiger partial charge >= 0.3 is 0 Å². The van der Waals surface area contributed by atoms with Gasteiger partial charge in [-0.25, -0.2) is 0 Å². The van der Waals surface area contributed by atoms with Crippen LogP contribution >= 0.6 is 0 Å². The number of ether oxygens (including phenoxy) is 3. The summed E-state index contributed by atoms with van der Waals surface area (Å²) in [6.45, 7) is 7.15. The molecule has 3 saturated heterocycles. The molecule has 1 unspecified atom stereocenters. The Morgan fingerprint density at radius 2 is 1.45 bits per heavy atom. The first kappa shape index (κ1) is 8.97. The van der Waals surface area contributed by atoms with E-state index in [1.165, 1.54) is 6.42 Å². The van der Waals surface area contributed by atoms with E-state index < -0.39 is 0 Å². The molecular formula is C8H16O3. The van der Waals surface area contributed by atoms with Gasteiger partial charge in [0.25, 0.3) is 0 Å². The van der Waals surface area contributed by atoms with E-state index in [4.69, 9.17) is 4.74 Å². The van der Waals surface area contributed by atoms with Gasteiger partial charge in [0.15, 0.2) is 0 Å². The zero-order valence-electron chi connectivity index (χ0n) is 7.04. The average Bonchev–Trinajstić information content (AvgIpc) is 2.93. The molecule has 3 aliphatic heterocycles. The predicted molar refractivity (Wildman–Crippen MR) is 41.7 cm³/mol. The second-order valence-corrected chi connectivity index (χ2v) is 2.59. The van der Waals surface area contributed by atoms with Gasteiger partial charge in [0.2, 0.25) is 0 Å². The van der Waals surface area contributed by atoms with E-state index in [1.54, 1.807) is 0 Å². The standard InChI is InChI=1S/C4H8O.2C2H4O/c1-2-4-3-5-4;2*1-2-3-1/h4H,2-3H2,1H3;2*1-2H2. The minimum absolute atomic E-state index is 0.634. The smallest absolute Gasteiger partial charge is 0.0807 e. The molecule has 0 amide bonds. The molecule has 3 heteroatoms. The van der Waals surface area contributed by atoms with E-state index in [-0.39, 0.29) is 0 Å².